The van der Waals surface area contributed by atoms with Crippen LogP contribution in [-0.2, 0) is 9.22 Å². The summed E-state index contributed by atoms with van der Waals surface area (Å²) in [6.07, 6.45) is 3.65. The van der Waals surface area contributed by atoms with Crippen molar-refractivity contribution in [2.75, 3.05) is 0 Å². The number of nitrogens with two attached hydrogens (primary N) is 1. The molecule has 0 aliphatic heterocycles. The Morgan fingerprint density at radius 1 is 1.29 bits per heavy atom. The van der Waals surface area contributed by atoms with Gasteiger partial charge in [-0.1, -0.05) is 47.0 Å². The Morgan fingerprint density at radius 3 is 2.18 bits per heavy atom. The second kappa shape index (κ2) is 6.54. The van der Waals surface area contributed by atoms with Gasteiger partial charge in [0, 0.05) is 0 Å². The molecule has 0 aliphatic rings. The molecule has 102 valence electrons. The van der Waals surface area contributed by atoms with Gasteiger partial charge in [-0.25, -0.2) is 0 Å². The monoisotopic (exact) mass is 259 g/mol. The van der Waals surface area contributed by atoms with Crippen molar-refractivity contribution in [2.45, 2.75) is 77.6 Å². The van der Waals surface area contributed by atoms with Gasteiger partial charge < -0.3 is 10.2 Å². The Bertz CT molecular complexity index is 246. The van der Waals surface area contributed by atoms with Crippen LogP contribution in [0, 0.1) is 0 Å². The van der Waals surface area contributed by atoms with Crippen LogP contribution >= 0.6 is 0 Å². The minimum Gasteiger partial charge on any atom is -0.405 e. The predicted molar refractivity (Wildman–Crippen MR) is 75.4 cm³/mol. The van der Waals surface area contributed by atoms with E-state index in [1.165, 1.54) is 0 Å². The summed E-state index contributed by atoms with van der Waals surface area (Å²) in [5.41, 5.74) is 5.43. The maximum Gasteiger partial charge on any atom is 0.245 e. The average Bonchev–Trinajstić information content (AvgIpc) is 2.14. The summed E-state index contributed by atoms with van der Waals surface area (Å²) in [6.45, 7) is 13.0. The maximum atomic E-state index is 11.4. The summed E-state index contributed by atoms with van der Waals surface area (Å²) in [4.78, 5) is 11.4. The molecular formula is C13H29NO2Si. The molecular weight excluding hydrogens is 230 g/mol. The van der Waals surface area contributed by atoms with Crippen molar-refractivity contribution in [1.82, 2.24) is 0 Å². The molecule has 0 aromatic rings. The molecule has 0 heterocycles. The van der Waals surface area contributed by atoms with E-state index in [0.29, 0.717) is 0 Å². The van der Waals surface area contributed by atoms with E-state index in [1.807, 2.05) is 0 Å². The number of rotatable bonds is 7. The molecule has 0 aliphatic carbocycles. The molecule has 0 rings (SSSR count). The number of primary amides is 1. The van der Waals surface area contributed by atoms with Gasteiger partial charge >= 0.3 is 0 Å². The first-order chi connectivity index (χ1) is 7.62. The lowest BCUT2D eigenvalue weighted by Gasteiger charge is -2.38. The Hall–Kier alpha value is -0.353. The Labute approximate surface area is 107 Å². The van der Waals surface area contributed by atoms with E-state index in [-0.39, 0.29) is 10.9 Å². The summed E-state index contributed by atoms with van der Waals surface area (Å²) in [5.74, 6) is -0.314. The first kappa shape index (κ1) is 16.6. The number of unbranched alkanes of at least 4 members (excludes halogenated alkanes) is 2. The highest BCUT2D eigenvalue weighted by Crippen LogP contribution is 2.37. The maximum absolute atomic E-state index is 11.4. The molecule has 0 radical (unpaired) electrons. The molecule has 0 spiro atoms. The van der Waals surface area contributed by atoms with Crippen molar-refractivity contribution in [3.8, 4) is 0 Å². The molecule has 1 amide bonds. The third-order valence-corrected chi connectivity index (χ3v) is 8.12. The zero-order chi connectivity index (χ0) is 13.7. The lowest BCUT2D eigenvalue weighted by Crippen LogP contribution is -2.47. The standard InChI is InChI=1S/C13H29NO2Si/c1-7-8-9-10-11(12(14)15)16-17(5,6)13(2,3)4/h11H,7-10H2,1-6H3,(H2,14,15). The van der Waals surface area contributed by atoms with Crippen LogP contribution in [0.3, 0.4) is 0 Å². The summed E-state index contributed by atoms with van der Waals surface area (Å²) in [5, 5.41) is 0.117. The van der Waals surface area contributed by atoms with Crippen molar-refractivity contribution < 1.29 is 9.22 Å². The minimum absolute atomic E-state index is 0.117. The Morgan fingerprint density at radius 2 is 1.82 bits per heavy atom. The van der Waals surface area contributed by atoms with E-state index < -0.39 is 14.4 Å². The predicted octanol–water partition coefficient (Wildman–Crippen LogP) is 3.44. The van der Waals surface area contributed by atoms with Gasteiger partial charge in [0.1, 0.15) is 6.10 Å². The van der Waals surface area contributed by atoms with Crippen LogP contribution in [0.25, 0.3) is 0 Å². The van der Waals surface area contributed by atoms with E-state index in [4.69, 9.17) is 10.2 Å². The van der Waals surface area contributed by atoms with Crippen molar-refractivity contribution in [2.24, 2.45) is 5.73 Å². The molecule has 0 saturated heterocycles. The summed E-state index contributed by atoms with van der Waals surface area (Å²) < 4.78 is 6.07. The fraction of sp³-hybridized carbons (Fsp3) is 0.923. The first-order valence-corrected chi connectivity index (χ1v) is 9.49. The minimum atomic E-state index is -1.89. The zero-order valence-corrected chi connectivity index (χ0v) is 13.3. The summed E-state index contributed by atoms with van der Waals surface area (Å²) in [6, 6.07) is 0. The third kappa shape index (κ3) is 5.68. The fourth-order valence-electron chi connectivity index (χ4n) is 1.37. The van der Waals surface area contributed by atoms with Crippen molar-refractivity contribution in [3.05, 3.63) is 0 Å². The van der Waals surface area contributed by atoms with E-state index in [9.17, 15) is 4.79 Å². The molecule has 17 heavy (non-hydrogen) atoms. The molecule has 0 fully saturated rings. The highest BCUT2D eigenvalue weighted by atomic mass is 28.4. The van der Waals surface area contributed by atoms with Crippen LogP contribution in [0.4, 0.5) is 0 Å². The van der Waals surface area contributed by atoms with Gasteiger partial charge in [-0.15, -0.1) is 0 Å². The smallest absolute Gasteiger partial charge is 0.245 e. The molecule has 3 nitrogen and oxygen atoms in total. The van der Waals surface area contributed by atoms with Crippen LogP contribution in [0.2, 0.25) is 18.1 Å². The molecule has 2 N–H and O–H groups in total. The second-order valence-corrected chi connectivity index (χ2v) is 11.0. The van der Waals surface area contributed by atoms with E-state index >= 15 is 0 Å². The van der Waals surface area contributed by atoms with Gasteiger partial charge in [0.2, 0.25) is 5.91 Å². The van der Waals surface area contributed by atoms with Crippen molar-refractivity contribution in [3.63, 3.8) is 0 Å². The highest BCUT2D eigenvalue weighted by Gasteiger charge is 2.40. The summed E-state index contributed by atoms with van der Waals surface area (Å²) >= 11 is 0. The number of hydrogen-bond acceptors (Lipinski definition) is 2. The lowest BCUT2D eigenvalue weighted by molar-refractivity contribution is -0.125. The second-order valence-electron chi connectivity index (χ2n) is 6.26. The zero-order valence-electron chi connectivity index (χ0n) is 12.3. The molecule has 0 aromatic heterocycles. The third-order valence-electron chi connectivity index (χ3n) is 3.63. The van der Waals surface area contributed by atoms with Crippen LogP contribution in [0.5, 0.6) is 0 Å². The van der Waals surface area contributed by atoms with E-state index in [0.717, 1.165) is 25.7 Å². The average molecular weight is 259 g/mol. The van der Waals surface area contributed by atoms with Crippen molar-refractivity contribution >= 4 is 14.2 Å². The van der Waals surface area contributed by atoms with Gasteiger partial charge in [-0.2, -0.15) is 0 Å². The molecule has 1 unspecified atom stereocenters. The largest absolute Gasteiger partial charge is 0.405 e. The molecule has 1 atom stereocenters. The molecule has 0 saturated carbocycles. The SMILES string of the molecule is CCCCCC(O[Si](C)(C)C(C)(C)C)C(N)=O. The number of carbonyl (C=O) groups is 1. The first-order valence-electron chi connectivity index (χ1n) is 6.59. The topological polar surface area (TPSA) is 52.3 Å². The molecule has 0 bridgehead atoms. The van der Waals surface area contributed by atoms with E-state index in [1.54, 1.807) is 0 Å². The number of amides is 1. The van der Waals surface area contributed by atoms with Gasteiger partial charge in [-0.3, -0.25) is 4.79 Å². The van der Waals surface area contributed by atoms with E-state index in [2.05, 4.69) is 40.8 Å². The summed E-state index contributed by atoms with van der Waals surface area (Å²) in [7, 11) is -1.89. The molecule has 0 aromatic carbocycles. The number of hydrogen-bond donors (Lipinski definition) is 1. The van der Waals surface area contributed by atoms with Gasteiger partial charge in [0.25, 0.3) is 0 Å². The van der Waals surface area contributed by atoms with Crippen LogP contribution < -0.4 is 5.73 Å². The fourth-order valence-corrected chi connectivity index (χ4v) is 2.67. The highest BCUT2D eigenvalue weighted by molar-refractivity contribution is 6.74. The quantitative estimate of drug-likeness (QED) is 0.562. The number of carbonyl (C=O) groups excluding carboxylic acids is 1. The lowest BCUT2D eigenvalue weighted by atomic mass is 10.1. The Kier molecular flexibility index (Phi) is 6.41. The molecule has 4 heteroatoms. The van der Waals surface area contributed by atoms with Crippen LogP contribution in [0.1, 0.15) is 53.4 Å². The van der Waals surface area contributed by atoms with Crippen LogP contribution in [0.15, 0.2) is 0 Å². The van der Waals surface area contributed by atoms with Gasteiger partial charge in [0.15, 0.2) is 8.32 Å². The normalized spacial score (nSPS) is 14.7. The Balaban J connectivity index is 4.49. The van der Waals surface area contributed by atoms with Crippen LogP contribution in [-0.4, -0.2) is 20.3 Å². The van der Waals surface area contributed by atoms with Gasteiger partial charge in [0.05, 0.1) is 0 Å². The van der Waals surface area contributed by atoms with Gasteiger partial charge in [-0.05, 0) is 24.6 Å². The van der Waals surface area contributed by atoms with Crippen molar-refractivity contribution in [1.29, 1.82) is 0 Å².